The average Bonchev–Trinajstić information content (AvgIpc) is 2.66. The van der Waals surface area contributed by atoms with Crippen LogP contribution in [0.5, 0.6) is 5.75 Å². The Hall–Kier alpha value is -1.55. The predicted octanol–water partition coefficient (Wildman–Crippen LogP) is 6.13. The van der Waals surface area contributed by atoms with Crippen LogP contribution in [0.25, 0.3) is 0 Å². The predicted molar refractivity (Wildman–Crippen MR) is 136 cm³/mol. The van der Waals surface area contributed by atoms with Gasteiger partial charge in [0, 0.05) is 0 Å². The third-order valence-corrected chi connectivity index (χ3v) is 8.18. The zero-order valence-electron chi connectivity index (χ0n) is 22.8. The van der Waals surface area contributed by atoms with Gasteiger partial charge in [0.05, 0.1) is 6.10 Å². The maximum Gasteiger partial charge on any atom is 0.267 e. The number of β-lactam (4-membered cyclic amide) rings is 1. The molecule has 0 bridgehead atoms. The summed E-state index contributed by atoms with van der Waals surface area (Å²) in [6.45, 7) is 24.0. The Bertz CT molecular complexity index is 901. The largest absolute Gasteiger partial charge is 0.475 e. The second kappa shape index (κ2) is 8.00. The van der Waals surface area contributed by atoms with E-state index in [1.54, 1.807) is 0 Å². The number of nitrogens with one attached hydrogen (secondary N) is 1. The van der Waals surface area contributed by atoms with Gasteiger partial charge in [-0.15, -0.1) is 0 Å². The lowest BCUT2D eigenvalue weighted by Gasteiger charge is -2.64. The number of hydrogen-bond donors (Lipinski definition) is 2. The lowest BCUT2D eigenvalue weighted by Crippen LogP contribution is -2.89. The molecule has 1 saturated heterocycles. The molecular formula is C29H47NO3. The molecule has 1 saturated carbocycles. The molecule has 1 aromatic carbocycles. The molecule has 1 heterocycles. The van der Waals surface area contributed by atoms with E-state index < -0.39 is 17.2 Å². The molecule has 33 heavy (non-hydrogen) atoms. The number of carbonyl (C=O) groups excluding carboxylic acids is 1. The summed E-state index contributed by atoms with van der Waals surface area (Å²) in [4.78, 5) is 13.3. The lowest BCUT2D eigenvalue weighted by atomic mass is 9.52. The van der Waals surface area contributed by atoms with Crippen LogP contribution in [0.1, 0.15) is 107 Å². The zero-order chi connectivity index (χ0) is 25.2. The number of aliphatic hydroxyl groups excluding tert-OH is 1. The van der Waals surface area contributed by atoms with Gasteiger partial charge in [0.1, 0.15) is 11.3 Å². The first-order chi connectivity index (χ1) is 14.9. The molecule has 1 amide bonds. The highest BCUT2D eigenvalue weighted by Gasteiger charge is 2.73. The first-order valence-corrected chi connectivity index (χ1v) is 12.7. The van der Waals surface area contributed by atoms with E-state index in [2.05, 4.69) is 86.7 Å². The minimum Gasteiger partial charge on any atom is -0.475 e. The van der Waals surface area contributed by atoms with Crippen LogP contribution in [0.3, 0.4) is 0 Å². The minimum atomic E-state index is -1.08. The van der Waals surface area contributed by atoms with Crippen LogP contribution >= 0.6 is 0 Å². The Morgan fingerprint density at radius 1 is 1.06 bits per heavy atom. The molecule has 2 fully saturated rings. The zero-order valence-corrected chi connectivity index (χ0v) is 22.8. The van der Waals surface area contributed by atoms with Crippen molar-refractivity contribution >= 4 is 5.91 Å². The van der Waals surface area contributed by atoms with E-state index in [4.69, 9.17) is 4.74 Å². The van der Waals surface area contributed by atoms with E-state index in [0.29, 0.717) is 12.3 Å². The summed E-state index contributed by atoms with van der Waals surface area (Å²) in [6, 6.07) is 6.40. The van der Waals surface area contributed by atoms with Crippen LogP contribution in [-0.4, -0.2) is 28.3 Å². The number of rotatable bonds is 3. The van der Waals surface area contributed by atoms with Crippen molar-refractivity contribution in [3.05, 3.63) is 29.3 Å². The highest BCUT2D eigenvalue weighted by atomic mass is 16.5. The van der Waals surface area contributed by atoms with E-state index in [0.717, 1.165) is 24.2 Å². The van der Waals surface area contributed by atoms with Crippen molar-refractivity contribution < 1.29 is 14.6 Å². The van der Waals surface area contributed by atoms with Crippen molar-refractivity contribution in [1.29, 1.82) is 0 Å². The second-order valence-corrected chi connectivity index (χ2v) is 13.9. The number of amides is 1. The fraction of sp³-hybridized carbons (Fsp3) is 0.759. The van der Waals surface area contributed by atoms with E-state index in [-0.39, 0.29) is 28.1 Å². The van der Waals surface area contributed by atoms with Gasteiger partial charge in [-0.05, 0) is 64.5 Å². The van der Waals surface area contributed by atoms with Gasteiger partial charge < -0.3 is 15.2 Å². The van der Waals surface area contributed by atoms with Gasteiger partial charge in [-0.25, -0.2) is 0 Å². The number of hydrogen-bond acceptors (Lipinski definition) is 3. The molecule has 2 N–H and O–H groups in total. The first-order valence-electron chi connectivity index (χ1n) is 12.7. The summed E-state index contributed by atoms with van der Waals surface area (Å²) in [7, 11) is 0. The monoisotopic (exact) mass is 457 g/mol. The fourth-order valence-electron chi connectivity index (χ4n) is 6.10. The summed E-state index contributed by atoms with van der Waals surface area (Å²) < 4.78 is 6.83. The molecule has 5 unspecified atom stereocenters. The summed E-state index contributed by atoms with van der Waals surface area (Å²) in [5.74, 6) is 1.12. The van der Waals surface area contributed by atoms with Crippen LogP contribution in [0, 0.1) is 17.3 Å². The lowest BCUT2D eigenvalue weighted by molar-refractivity contribution is -0.209. The smallest absolute Gasteiger partial charge is 0.267 e. The maximum absolute atomic E-state index is 13.3. The molecule has 1 aromatic rings. The molecule has 1 aliphatic carbocycles. The van der Waals surface area contributed by atoms with Crippen molar-refractivity contribution in [2.45, 2.75) is 123 Å². The summed E-state index contributed by atoms with van der Waals surface area (Å²) >= 11 is 0. The fourth-order valence-corrected chi connectivity index (χ4v) is 6.10. The number of carbonyl (C=O) groups is 1. The molecule has 1 aliphatic heterocycles. The Balaban J connectivity index is 2.12. The van der Waals surface area contributed by atoms with Gasteiger partial charge in [-0.2, -0.15) is 0 Å². The van der Waals surface area contributed by atoms with Crippen molar-refractivity contribution in [3.63, 3.8) is 0 Å². The van der Waals surface area contributed by atoms with Crippen molar-refractivity contribution in [2.75, 3.05) is 0 Å². The third-order valence-electron chi connectivity index (χ3n) is 8.18. The Kier molecular flexibility index (Phi) is 6.32. The van der Waals surface area contributed by atoms with Gasteiger partial charge >= 0.3 is 0 Å². The highest BCUT2D eigenvalue weighted by molar-refractivity contribution is 5.96. The van der Waals surface area contributed by atoms with Gasteiger partial charge in [0.15, 0.2) is 0 Å². The normalized spacial score (nSPS) is 33.0. The standard InChI is InChI=1S/C29H47NO3/c1-12-29(33-22-14-13-19(25(3,4)5)16-20(22)26(6,7)8)24(32)30-28(29)17-18(2)15-21(23(28)31)27(9,10)11/h13-14,16,18,21,23,31H,12,15,17H2,1-11H3,(H,30,32). The summed E-state index contributed by atoms with van der Waals surface area (Å²) in [5, 5.41) is 14.9. The van der Waals surface area contributed by atoms with Gasteiger partial charge in [0.2, 0.25) is 5.60 Å². The van der Waals surface area contributed by atoms with Crippen molar-refractivity contribution in [3.8, 4) is 5.75 Å². The van der Waals surface area contributed by atoms with Gasteiger partial charge in [-0.1, -0.05) is 88.3 Å². The molecule has 0 radical (unpaired) electrons. The van der Waals surface area contributed by atoms with Gasteiger partial charge in [0.25, 0.3) is 5.91 Å². The first kappa shape index (κ1) is 26.1. The van der Waals surface area contributed by atoms with E-state index >= 15 is 0 Å². The van der Waals surface area contributed by atoms with Crippen LogP contribution < -0.4 is 10.1 Å². The topological polar surface area (TPSA) is 58.6 Å². The van der Waals surface area contributed by atoms with Crippen molar-refractivity contribution in [2.24, 2.45) is 17.3 Å². The minimum absolute atomic E-state index is 0.0188. The van der Waals surface area contributed by atoms with Crippen molar-refractivity contribution in [1.82, 2.24) is 5.32 Å². The van der Waals surface area contributed by atoms with E-state index in [1.807, 2.05) is 13.0 Å². The summed E-state index contributed by atoms with van der Waals surface area (Å²) in [6.07, 6.45) is 1.54. The molecule has 2 aliphatic rings. The quantitative estimate of drug-likeness (QED) is 0.537. The number of ether oxygens (including phenoxy) is 1. The van der Waals surface area contributed by atoms with Gasteiger partial charge in [-0.3, -0.25) is 4.79 Å². The molecule has 186 valence electrons. The Morgan fingerprint density at radius 3 is 2.12 bits per heavy atom. The molecular weight excluding hydrogens is 410 g/mol. The van der Waals surface area contributed by atoms with Crippen LogP contribution in [0.15, 0.2) is 18.2 Å². The van der Waals surface area contributed by atoms with Crippen LogP contribution in [0.4, 0.5) is 0 Å². The van der Waals surface area contributed by atoms with E-state index in [1.165, 1.54) is 5.56 Å². The van der Waals surface area contributed by atoms with Crippen LogP contribution in [0.2, 0.25) is 0 Å². The SMILES string of the molecule is CCC1(Oc2ccc(C(C)(C)C)cc2C(C)(C)C)C(=O)NC12CC(C)CC(C(C)(C)C)C2O. The summed E-state index contributed by atoms with van der Waals surface area (Å²) in [5.41, 5.74) is 0.308. The molecule has 3 rings (SSSR count). The highest BCUT2D eigenvalue weighted by Crippen LogP contribution is 2.54. The number of benzene rings is 1. The Morgan fingerprint density at radius 2 is 1.67 bits per heavy atom. The second-order valence-electron chi connectivity index (χ2n) is 13.9. The molecule has 4 nitrogen and oxygen atoms in total. The molecule has 1 spiro atoms. The third kappa shape index (κ3) is 4.22. The molecule has 0 aromatic heterocycles. The maximum atomic E-state index is 13.3. The van der Waals surface area contributed by atoms with Crippen LogP contribution in [-0.2, 0) is 15.6 Å². The number of aliphatic hydroxyl groups is 1. The van der Waals surface area contributed by atoms with E-state index in [9.17, 15) is 9.90 Å². The molecule has 4 heteroatoms. The Labute approximate surface area is 201 Å². The average molecular weight is 458 g/mol. The molecule has 5 atom stereocenters.